The Bertz CT molecular complexity index is 1300. The Labute approximate surface area is 196 Å². The van der Waals surface area contributed by atoms with E-state index in [1.807, 2.05) is 31.2 Å². The number of urea groups is 1. The number of carbonyl (C=O) groups is 2. The van der Waals surface area contributed by atoms with E-state index in [1.54, 1.807) is 23.1 Å². The van der Waals surface area contributed by atoms with Crippen molar-refractivity contribution in [2.75, 3.05) is 13.1 Å². The summed E-state index contributed by atoms with van der Waals surface area (Å²) in [4.78, 5) is 33.9. The Morgan fingerprint density at radius 3 is 2.79 bits per heavy atom. The molecule has 2 fully saturated rings. The summed E-state index contributed by atoms with van der Waals surface area (Å²) in [5.74, 6) is -0.0683. The molecule has 33 heavy (non-hydrogen) atoms. The summed E-state index contributed by atoms with van der Waals surface area (Å²) in [6, 6.07) is 12.2. The molecule has 3 aliphatic rings. The van der Waals surface area contributed by atoms with E-state index in [0.717, 1.165) is 40.6 Å². The van der Waals surface area contributed by atoms with E-state index in [2.05, 4.69) is 10.3 Å². The van der Waals surface area contributed by atoms with Gasteiger partial charge in [-0.2, -0.15) is 0 Å². The van der Waals surface area contributed by atoms with Crippen molar-refractivity contribution in [3.05, 3.63) is 64.3 Å². The van der Waals surface area contributed by atoms with Crippen molar-refractivity contribution in [2.24, 2.45) is 0 Å². The molecule has 2 aliphatic heterocycles. The third kappa shape index (κ3) is 3.14. The molecule has 170 valence electrons. The van der Waals surface area contributed by atoms with Crippen LogP contribution in [0.4, 0.5) is 4.79 Å². The van der Waals surface area contributed by atoms with E-state index in [-0.39, 0.29) is 17.7 Å². The second kappa shape index (κ2) is 7.23. The van der Waals surface area contributed by atoms with E-state index in [1.165, 1.54) is 4.90 Å². The number of benzene rings is 2. The zero-order valence-electron chi connectivity index (χ0n) is 18.3. The van der Waals surface area contributed by atoms with E-state index < -0.39 is 11.6 Å². The molecule has 0 bridgehead atoms. The van der Waals surface area contributed by atoms with Gasteiger partial charge >= 0.3 is 6.03 Å². The molecule has 1 aromatic heterocycles. The van der Waals surface area contributed by atoms with Gasteiger partial charge in [-0.05, 0) is 61.2 Å². The van der Waals surface area contributed by atoms with Gasteiger partial charge in [-0.3, -0.25) is 14.6 Å². The van der Waals surface area contributed by atoms with Crippen LogP contribution in [0.2, 0.25) is 5.02 Å². The highest BCUT2D eigenvalue weighted by atomic mass is 35.5. The summed E-state index contributed by atoms with van der Waals surface area (Å²) in [6.07, 6.45) is 2.69. The molecule has 3 amide bonds. The van der Waals surface area contributed by atoms with Crippen LogP contribution in [-0.2, 0) is 11.2 Å². The Morgan fingerprint density at radius 2 is 2.03 bits per heavy atom. The van der Waals surface area contributed by atoms with Crippen LogP contribution >= 0.6 is 11.6 Å². The molecule has 1 saturated carbocycles. The van der Waals surface area contributed by atoms with Gasteiger partial charge in [0.25, 0.3) is 5.91 Å². The minimum absolute atomic E-state index is 0.115. The van der Waals surface area contributed by atoms with Gasteiger partial charge in [-0.25, -0.2) is 4.79 Å². The summed E-state index contributed by atoms with van der Waals surface area (Å²) < 4.78 is 0. The molecule has 0 spiro atoms. The summed E-state index contributed by atoms with van der Waals surface area (Å²) in [5, 5.41) is 15.2. The van der Waals surface area contributed by atoms with Crippen LogP contribution in [0.25, 0.3) is 10.9 Å². The van der Waals surface area contributed by atoms with Crippen molar-refractivity contribution in [2.45, 2.75) is 43.8 Å². The zero-order chi connectivity index (χ0) is 22.9. The number of imide groups is 1. The fraction of sp³-hybridized carbons (Fsp3) is 0.360. The Balaban J connectivity index is 1.49. The number of halogens is 1. The van der Waals surface area contributed by atoms with Crippen LogP contribution in [0.1, 0.15) is 42.6 Å². The van der Waals surface area contributed by atoms with Crippen molar-refractivity contribution in [1.29, 1.82) is 0 Å². The van der Waals surface area contributed by atoms with Crippen molar-refractivity contribution < 1.29 is 14.7 Å². The number of aromatic hydroxyl groups is 1. The number of aromatic nitrogens is 1. The van der Waals surface area contributed by atoms with Gasteiger partial charge in [0.15, 0.2) is 0 Å². The van der Waals surface area contributed by atoms with E-state index in [9.17, 15) is 14.7 Å². The number of phenols is 1. The number of phenolic OH excluding ortho intramolecular Hbond substituents is 1. The Morgan fingerprint density at radius 1 is 1.21 bits per heavy atom. The van der Waals surface area contributed by atoms with Gasteiger partial charge in [0, 0.05) is 47.2 Å². The smallest absolute Gasteiger partial charge is 0.328 e. The number of amides is 3. The van der Waals surface area contributed by atoms with Gasteiger partial charge in [-0.1, -0.05) is 23.7 Å². The first-order chi connectivity index (χ1) is 15.9. The zero-order valence-corrected chi connectivity index (χ0v) is 19.0. The fourth-order valence-electron chi connectivity index (χ4n) is 5.39. The lowest BCUT2D eigenvalue weighted by Crippen LogP contribution is -2.53. The number of aromatic amines is 1. The highest BCUT2D eigenvalue weighted by Gasteiger charge is 2.60. The second-order valence-electron chi connectivity index (χ2n) is 9.49. The maximum atomic E-state index is 13.7. The molecule has 8 heteroatoms. The van der Waals surface area contributed by atoms with Crippen LogP contribution in [0.5, 0.6) is 5.75 Å². The van der Waals surface area contributed by atoms with Crippen molar-refractivity contribution in [3.8, 4) is 5.75 Å². The van der Waals surface area contributed by atoms with Crippen LogP contribution in [-0.4, -0.2) is 56.5 Å². The predicted octanol–water partition coefficient (Wildman–Crippen LogP) is 3.95. The highest BCUT2D eigenvalue weighted by Crippen LogP contribution is 2.49. The number of H-pyrrole nitrogens is 1. The van der Waals surface area contributed by atoms with Gasteiger partial charge in [0.1, 0.15) is 17.3 Å². The van der Waals surface area contributed by atoms with Crippen LogP contribution in [0.3, 0.4) is 0 Å². The van der Waals surface area contributed by atoms with Crippen molar-refractivity contribution in [1.82, 2.24) is 20.1 Å². The molecule has 3 heterocycles. The third-order valence-electron chi connectivity index (χ3n) is 7.16. The number of rotatable bonds is 5. The molecular weight excluding hydrogens is 440 g/mol. The Kier molecular flexibility index (Phi) is 4.51. The molecule has 2 atom stereocenters. The molecule has 3 aromatic rings. The SMILES string of the molecule is C[C@@]12Cc3c([nH]c4ccc(Cl)cc34)[C@@H](c3cccc(O)c3)N1C(=O)N(CCNC1CC1)C2=O. The molecule has 0 radical (unpaired) electrons. The van der Waals surface area contributed by atoms with Gasteiger partial charge < -0.3 is 15.4 Å². The Hall–Kier alpha value is -3.03. The lowest BCUT2D eigenvalue weighted by atomic mass is 9.81. The van der Waals surface area contributed by atoms with E-state index >= 15 is 0 Å². The summed E-state index contributed by atoms with van der Waals surface area (Å²) in [5.41, 5.74) is 2.47. The summed E-state index contributed by atoms with van der Waals surface area (Å²) >= 11 is 6.31. The van der Waals surface area contributed by atoms with E-state index in [0.29, 0.717) is 30.6 Å². The van der Waals surface area contributed by atoms with Crippen molar-refractivity contribution >= 4 is 34.4 Å². The molecule has 2 aromatic carbocycles. The van der Waals surface area contributed by atoms with Crippen LogP contribution < -0.4 is 5.32 Å². The first-order valence-electron chi connectivity index (χ1n) is 11.3. The lowest BCUT2D eigenvalue weighted by molar-refractivity contribution is -0.133. The van der Waals surface area contributed by atoms with Crippen molar-refractivity contribution in [3.63, 3.8) is 0 Å². The van der Waals surface area contributed by atoms with E-state index in [4.69, 9.17) is 11.6 Å². The number of hydrogen-bond acceptors (Lipinski definition) is 4. The molecule has 1 saturated heterocycles. The molecular formula is C25H25ClN4O3. The minimum Gasteiger partial charge on any atom is -0.508 e. The number of fused-ring (bicyclic) bond motifs is 4. The average Bonchev–Trinajstić information content (AvgIpc) is 3.52. The maximum absolute atomic E-state index is 13.7. The third-order valence-corrected chi connectivity index (χ3v) is 7.40. The number of hydrogen-bond donors (Lipinski definition) is 3. The number of carbonyl (C=O) groups excluding carboxylic acids is 2. The number of nitrogens with one attached hydrogen (secondary N) is 2. The largest absolute Gasteiger partial charge is 0.508 e. The van der Waals surface area contributed by atoms with Gasteiger partial charge in [-0.15, -0.1) is 0 Å². The quantitative estimate of drug-likeness (QED) is 0.499. The minimum atomic E-state index is -1.03. The molecule has 3 N–H and O–H groups in total. The first-order valence-corrected chi connectivity index (χ1v) is 11.7. The topological polar surface area (TPSA) is 88.7 Å². The predicted molar refractivity (Wildman–Crippen MR) is 125 cm³/mol. The molecule has 0 unspecified atom stereocenters. The summed E-state index contributed by atoms with van der Waals surface area (Å²) in [7, 11) is 0. The normalized spacial score (nSPS) is 24.5. The molecule has 6 rings (SSSR count). The molecule has 7 nitrogen and oxygen atoms in total. The summed E-state index contributed by atoms with van der Waals surface area (Å²) in [6.45, 7) is 2.78. The van der Waals surface area contributed by atoms with Crippen LogP contribution in [0, 0.1) is 0 Å². The highest BCUT2D eigenvalue weighted by molar-refractivity contribution is 6.31. The van der Waals surface area contributed by atoms with Crippen LogP contribution in [0.15, 0.2) is 42.5 Å². The van der Waals surface area contributed by atoms with Gasteiger partial charge in [0.2, 0.25) is 0 Å². The fourth-order valence-corrected chi connectivity index (χ4v) is 5.56. The standard InChI is InChI=1S/C25H25ClN4O3/c1-25-13-19-18-12-15(26)5-8-20(18)28-21(19)22(14-3-2-4-17(31)11-14)30(25)24(33)29(23(25)32)10-9-27-16-6-7-16/h2-5,8,11-12,16,22,27-28,31H,6-7,9-10,13H2,1H3/t22-,25+/m1/s1. The number of nitrogens with zero attached hydrogens (tertiary/aromatic N) is 2. The average molecular weight is 465 g/mol. The monoisotopic (exact) mass is 464 g/mol. The second-order valence-corrected chi connectivity index (χ2v) is 9.93. The van der Waals surface area contributed by atoms with Gasteiger partial charge in [0.05, 0.1) is 0 Å². The molecule has 1 aliphatic carbocycles. The lowest BCUT2D eigenvalue weighted by Gasteiger charge is -2.42. The maximum Gasteiger partial charge on any atom is 0.328 e. The first kappa shape index (κ1) is 20.6.